The first-order chi connectivity index (χ1) is 8.15. The first-order valence-corrected chi connectivity index (χ1v) is 7.73. The molecule has 6 heteroatoms. The van der Waals surface area contributed by atoms with Crippen LogP contribution in [0.4, 0.5) is 0 Å². The molecule has 17 heavy (non-hydrogen) atoms. The molecule has 1 aromatic rings. The third-order valence-corrected chi connectivity index (χ3v) is 3.40. The summed E-state index contributed by atoms with van der Waals surface area (Å²) in [5.41, 5.74) is 0.619. The van der Waals surface area contributed by atoms with Crippen LogP contribution in [0.3, 0.4) is 0 Å². The first-order valence-electron chi connectivity index (χ1n) is 5.02. The topological polar surface area (TPSA) is 38.3 Å². The van der Waals surface area contributed by atoms with E-state index in [1.54, 1.807) is 6.07 Å². The van der Waals surface area contributed by atoms with Crippen molar-refractivity contribution >= 4 is 53.7 Å². The van der Waals surface area contributed by atoms with E-state index < -0.39 is 0 Å². The van der Waals surface area contributed by atoms with Crippen LogP contribution in [0.2, 0.25) is 0 Å². The smallest absolute Gasteiger partial charge is 0.252 e. The number of carbonyl (C=O) groups excluding carboxylic acids is 1. The molecule has 0 heterocycles. The zero-order valence-corrected chi connectivity index (χ0v) is 13.8. The van der Waals surface area contributed by atoms with Crippen molar-refractivity contribution in [3.05, 3.63) is 32.7 Å². The van der Waals surface area contributed by atoms with Gasteiger partial charge in [0.15, 0.2) is 0 Å². The number of hydrogen-bond donors (Lipinski definition) is 1. The van der Waals surface area contributed by atoms with Gasteiger partial charge in [0.1, 0.15) is 0 Å². The number of benzene rings is 1. The summed E-state index contributed by atoms with van der Waals surface area (Å²) in [5.74, 6) is -0.105. The van der Waals surface area contributed by atoms with Crippen LogP contribution in [0, 0.1) is 0 Å². The fourth-order valence-electron chi connectivity index (χ4n) is 1.16. The van der Waals surface area contributed by atoms with E-state index >= 15 is 0 Å². The minimum absolute atomic E-state index is 0.105. The lowest BCUT2D eigenvalue weighted by molar-refractivity contribution is 0.0923. The largest absolute Gasteiger partial charge is 0.379 e. The fraction of sp³-hybridized carbons (Fsp3) is 0.364. The molecule has 3 nitrogen and oxygen atoms in total. The molecule has 1 rings (SSSR count). The Morgan fingerprint density at radius 1 is 1.29 bits per heavy atom. The lowest BCUT2D eigenvalue weighted by atomic mass is 10.2. The summed E-state index contributed by atoms with van der Waals surface area (Å²) in [6, 6.07) is 5.44. The summed E-state index contributed by atoms with van der Waals surface area (Å²) in [6.45, 7) is 1.68. The second-order valence-corrected chi connectivity index (χ2v) is 5.74. The Hall–Kier alpha value is 0.0900. The number of carbonyl (C=O) groups is 1. The van der Waals surface area contributed by atoms with Crippen molar-refractivity contribution in [1.29, 1.82) is 0 Å². The maximum absolute atomic E-state index is 11.8. The number of hydrogen-bond acceptors (Lipinski definition) is 2. The number of halogens is 3. The highest BCUT2D eigenvalue weighted by Crippen LogP contribution is 2.21. The zero-order valence-electron chi connectivity index (χ0n) is 9.01. The van der Waals surface area contributed by atoms with Gasteiger partial charge in [-0.05, 0) is 34.1 Å². The standard InChI is InChI=1S/C11H12Br3NO2/c12-3-5-17-6-4-15-11(16)9-2-1-8(13)7-10(9)14/h1-2,7H,3-6H2,(H,15,16). The first kappa shape index (κ1) is 15.1. The van der Waals surface area contributed by atoms with Gasteiger partial charge in [-0.15, -0.1) is 0 Å². The van der Waals surface area contributed by atoms with Gasteiger partial charge >= 0.3 is 0 Å². The Balaban J connectivity index is 2.42. The predicted molar refractivity (Wildman–Crippen MR) is 78.8 cm³/mol. The van der Waals surface area contributed by atoms with E-state index in [1.807, 2.05) is 12.1 Å². The highest BCUT2D eigenvalue weighted by Gasteiger charge is 2.09. The van der Waals surface area contributed by atoms with Crippen molar-refractivity contribution in [1.82, 2.24) is 5.32 Å². The van der Waals surface area contributed by atoms with Crippen LogP contribution in [-0.4, -0.2) is 31.0 Å². The van der Waals surface area contributed by atoms with Crippen molar-refractivity contribution in [2.75, 3.05) is 25.1 Å². The molecule has 0 aliphatic rings. The molecule has 0 spiro atoms. The van der Waals surface area contributed by atoms with E-state index in [9.17, 15) is 4.79 Å². The van der Waals surface area contributed by atoms with E-state index in [-0.39, 0.29) is 5.91 Å². The van der Waals surface area contributed by atoms with Crippen LogP contribution in [0.15, 0.2) is 27.1 Å². The second-order valence-electron chi connectivity index (χ2n) is 3.18. The van der Waals surface area contributed by atoms with Gasteiger partial charge in [-0.1, -0.05) is 31.9 Å². The fourth-order valence-corrected chi connectivity index (χ4v) is 2.62. The normalized spacial score (nSPS) is 10.3. The highest BCUT2D eigenvalue weighted by atomic mass is 79.9. The third kappa shape index (κ3) is 5.50. The van der Waals surface area contributed by atoms with Gasteiger partial charge in [0.05, 0.1) is 18.8 Å². The van der Waals surface area contributed by atoms with Crippen LogP contribution < -0.4 is 5.32 Å². The van der Waals surface area contributed by atoms with Gasteiger partial charge in [0.25, 0.3) is 5.91 Å². The van der Waals surface area contributed by atoms with Gasteiger partial charge in [0, 0.05) is 20.8 Å². The van der Waals surface area contributed by atoms with E-state index in [2.05, 4.69) is 53.1 Å². The SMILES string of the molecule is O=C(NCCOCCBr)c1ccc(Br)cc1Br. The van der Waals surface area contributed by atoms with Gasteiger partial charge in [-0.25, -0.2) is 0 Å². The molecule has 0 bridgehead atoms. The predicted octanol–water partition coefficient (Wildman–Crippen LogP) is 3.35. The average molecular weight is 430 g/mol. The number of rotatable bonds is 6. The molecule has 0 fully saturated rings. The molecule has 1 N–H and O–H groups in total. The Morgan fingerprint density at radius 2 is 2.06 bits per heavy atom. The molecule has 1 amide bonds. The van der Waals surface area contributed by atoms with E-state index in [1.165, 1.54) is 0 Å². The van der Waals surface area contributed by atoms with E-state index in [4.69, 9.17) is 4.74 Å². The minimum atomic E-state index is -0.105. The second kappa shape index (κ2) is 8.24. The molecule has 0 aliphatic heterocycles. The molecule has 0 saturated carbocycles. The van der Waals surface area contributed by atoms with Crippen LogP contribution in [0.5, 0.6) is 0 Å². The van der Waals surface area contributed by atoms with Gasteiger partial charge in [-0.2, -0.15) is 0 Å². The number of ether oxygens (including phenoxy) is 1. The van der Waals surface area contributed by atoms with E-state index in [0.29, 0.717) is 25.3 Å². The summed E-state index contributed by atoms with van der Waals surface area (Å²) in [5, 5.41) is 3.60. The van der Waals surface area contributed by atoms with E-state index in [0.717, 1.165) is 14.3 Å². The van der Waals surface area contributed by atoms with Crippen LogP contribution in [-0.2, 0) is 4.74 Å². The van der Waals surface area contributed by atoms with Crippen LogP contribution in [0.25, 0.3) is 0 Å². The Kier molecular flexibility index (Phi) is 7.34. The van der Waals surface area contributed by atoms with Gasteiger partial charge in [0.2, 0.25) is 0 Å². The van der Waals surface area contributed by atoms with Crippen LogP contribution >= 0.6 is 47.8 Å². The van der Waals surface area contributed by atoms with Crippen molar-refractivity contribution in [2.45, 2.75) is 0 Å². The number of amides is 1. The minimum Gasteiger partial charge on any atom is -0.379 e. The van der Waals surface area contributed by atoms with Gasteiger partial charge < -0.3 is 10.1 Å². The summed E-state index contributed by atoms with van der Waals surface area (Å²) >= 11 is 9.95. The third-order valence-electron chi connectivity index (χ3n) is 1.93. The van der Waals surface area contributed by atoms with Crippen molar-refractivity contribution in [2.24, 2.45) is 0 Å². The Bertz CT molecular complexity index is 385. The molecule has 0 radical (unpaired) electrons. The average Bonchev–Trinajstić information content (AvgIpc) is 2.28. The summed E-state index contributed by atoms with van der Waals surface area (Å²) < 4.78 is 6.94. The highest BCUT2D eigenvalue weighted by molar-refractivity contribution is 9.11. The summed E-state index contributed by atoms with van der Waals surface area (Å²) in [6.07, 6.45) is 0. The lowest BCUT2D eigenvalue weighted by Crippen LogP contribution is -2.27. The maximum atomic E-state index is 11.8. The molecule has 1 aromatic carbocycles. The van der Waals surface area contributed by atoms with Crippen LogP contribution in [0.1, 0.15) is 10.4 Å². The summed E-state index contributed by atoms with van der Waals surface area (Å²) in [7, 11) is 0. The number of nitrogens with one attached hydrogen (secondary N) is 1. The maximum Gasteiger partial charge on any atom is 0.252 e. The number of alkyl halides is 1. The zero-order chi connectivity index (χ0) is 12.7. The quantitative estimate of drug-likeness (QED) is 0.556. The van der Waals surface area contributed by atoms with Crippen molar-refractivity contribution in [3.63, 3.8) is 0 Å². The monoisotopic (exact) mass is 427 g/mol. The van der Waals surface area contributed by atoms with Gasteiger partial charge in [-0.3, -0.25) is 4.79 Å². The molecular weight excluding hydrogens is 418 g/mol. The molecule has 94 valence electrons. The van der Waals surface area contributed by atoms with Crippen molar-refractivity contribution in [3.8, 4) is 0 Å². The van der Waals surface area contributed by atoms with Crippen molar-refractivity contribution < 1.29 is 9.53 Å². The Labute approximate surface area is 126 Å². The molecule has 0 saturated heterocycles. The lowest BCUT2D eigenvalue weighted by Gasteiger charge is -2.07. The summed E-state index contributed by atoms with van der Waals surface area (Å²) in [4.78, 5) is 11.8. The Morgan fingerprint density at radius 3 is 2.71 bits per heavy atom. The molecule has 0 unspecified atom stereocenters. The molecular formula is C11H12Br3NO2. The molecule has 0 atom stereocenters. The molecule has 0 aromatic heterocycles. The molecule has 0 aliphatic carbocycles.